The number of nitrogens with zero attached hydrogens (tertiary/aromatic N) is 2. The van der Waals surface area contributed by atoms with E-state index in [1.807, 2.05) is 0 Å². The molecule has 3 aromatic rings. The maximum Gasteiger partial charge on any atom is 0.345 e. The van der Waals surface area contributed by atoms with Gasteiger partial charge in [-0.15, -0.1) is 0 Å². The molecule has 2 heterocycles. The topological polar surface area (TPSA) is 85.6 Å². The van der Waals surface area contributed by atoms with Crippen molar-refractivity contribution in [3.05, 3.63) is 50.9 Å². The third-order valence-corrected chi connectivity index (χ3v) is 3.18. The van der Waals surface area contributed by atoms with Crippen LogP contribution in [0.25, 0.3) is 16.4 Å². The lowest BCUT2D eigenvalue weighted by atomic mass is 10.2. The zero-order valence-corrected chi connectivity index (χ0v) is 10.9. The molecule has 1 N–H and O–H groups in total. The van der Waals surface area contributed by atoms with Crippen LogP contribution < -0.4 is 11.2 Å². The Morgan fingerprint density at radius 3 is 2.76 bits per heavy atom. The van der Waals surface area contributed by atoms with E-state index < -0.39 is 29.6 Å². The Morgan fingerprint density at radius 1 is 1.29 bits per heavy atom. The Morgan fingerprint density at radius 2 is 2.05 bits per heavy atom. The van der Waals surface area contributed by atoms with Gasteiger partial charge < -0.3 is 4.74 Å². The van der Waals surface area contributed by atoms with Crippen LogP contribution in [0.5, 0.6) is 0 Å². The molecule has 0 saturated carbocycles. The first-order valence-corrected chi connectivity index (χ1v) is 6.02. The highest BCUT2D eigenvalue weighted by Crippen LogP contribution is 2.17. The average Bonchev–Trinajstić information content (AvgIpc) is 2.83. The maximum atomic E-state index is 13.3. The Labute approximate surface area is 116 Å². The van der Waals surface area contributed by atoms with Crippen molar-refractivity contribution in [2.75, 3.05) is 7.11 Å². The number of carbonyl (C=O) groups excluding carboxylic acids is 1. The van der Waals surface area contributed by atoms with Crippen molar-refractivity contribution in [1.29, 1.82) is 0 Å². The van der Waals surface area contributed by atoms with Crippen LogP contribution in [0.4, 0.5) is 4.39 Å². The molecule has 2 aromatic heterocycles. The lowest BCUT2D eigenvalue weighted by molar-refractivity contribution is -0.141. The Kier molecular flexibility index (Phi) is 2.86. The third-order valence-electron chi connectivity index (χ3n) is 3.18. The average molecular weight is 291 g/mol. The molecule has 0 radical (unpaired) electrons. The summed E-state index contributed by atoms with van der Waals surface area (Å²) in [7, 11) is 1.18. The Hall–Kier alpha value is -2.90. The van der Waals surface area contributed by atoms with Crippen LogP contribution in [0, 0.1) is 5.82 Å². The minimum Gasteiger partial charge on any atom is -0.468 e. The normalized spacial score (nSPS) is 11.1. The first-order chi connectivity index (χ1) is 10.0. The van der Waals surface area contributed by atoms with Gasteiger partial charge in [0.05, 0.1) is 12.6 Å². The first-order valence-electron chi connectivity index (χ1n) is 6.02. The zero-order chi connectivity index (χ0) is 15.1. The van der Waals surface area contributed by atoms with E-state index in [9.17, 15) is 18.8 Å². The second-order valence-electron chi connectivity index (χ2n) is 4.45. The number of rotatable bonds is 2. The molecule has 108 valence electrons. The second kappa shape index (κ2) is 4.58. The van der Waals surface area contributed by atoms with Crippen molar-refractivity contribution < 1.29 is 13.9 Å². The standard InChI is InChI=1S/C13H10FN3O4/c1-21-11(18)6-16-12(19)10-4-7-2-3-8(14)5-9(7)17(10)13(20)15-16/h2-5H,6H2,1H3,(H,15,20). The van der Waals surface area contributed by atoms with Gasteiger partial charge in [0.2, 0.25) is 0 Å². The van der Waals surface area contributed by atoms with Crippen molar-refractivity contribution in [3.63, 3.8) is 0 Å². The highest BCUT2D eigenvalue weighted by atomic mass is 19.1. The fourth-order valence-corrected chi connectivity index (χ4v) is 2.21. The molecular formula is C13H10FN3O4. The number of esters is 1. The molecule has 7 nitrogen and oxygen atoms in total. The van der Waals surface area contributed by atoms with Crippen LogP contribution in [0.3, 0.4) is 0 Å². The predicted octanol–water partition coefficient (Wildman–Crippen LogP) is 0.255. The minimum atomic E-state index is -0.667. The summed E-state index contributed by atoms with van der Waals surface area (Å²) < 4.78 is 19.7. The fourth-order valence-electron chi connectivity index (χ4n) is 2.21. The summed E-state index contributed by atoms with van der Waals surface area (Å²) in [5.41, 5.74) is -0.873. The van der Waals surface area contributed by atoms with Crippen molar-refractivity contribution in [2.45, 2.75) is 6.54 Å². The molecule has 21 heavy (non-hydrogen) atoms. The number of carbonyl (C=O) groups is 1. The van der Waals surface area contributed by atoms with Crippen LogP contribution in [-0.2, 0) is 16.1 Å². The molecule has 0 aliphatic heterocycles. The summed E-state index contributed by atoms with van der Waals surface area (Å²) in [5, 5.41) is 2.82. The smallest absolute Gasteiger partial charge is 0.345 e. The van der Waals surface area contributed by atoms with Gasteiger partial charge in [-0.3, -0.25) is 14.0 Å². The molecule has 0 aliphatic carbocycles. The molecule has 0 saturated heterocycles. The van der Waals surface area contributed by atoms with Crippen LogP contribution in [0.15, 0.2) is 33.9 Å². The van der Waals surface area contributed by atoms with E-state index in [-0.39, 0.29) is 11.0 Å². The molecule has 0 fully saturated rings. The molecule has 0 aliphatic rings. The number of fused-ring (bicyclic) bond motifs is 3. The Balaban J connectivity index is 2.37. The highest BCUT2D eigenvalue weighted by Gasteiger charge is 2.14. The van der Waals surface area contributed by atoms with Gasteiger partial charge >= 0.3 is 11.7 Å². The quantitative estimate of drug-likeness (QED) is 0.686. The molecule has 0 atom stereocenters. The van der Waals surface area contributed by atoms with Crippen molar-refractivity contribution in [3.8, 4) is 0 Å². The van der Waals surface area contributed by atoms with Gasteiger partial charge in [0.1, 0.15) is 17.9 Å². The summed E-state index contributed by atoms with van der Waals surface area (Å²) in [6.07, 6.45) is 0. The van der Waals surface area contributed by atoms with E-state index in [1.165, 1.54) is 31.4 Å². The van der Waals surface area contributed by atoms with Crippen LogP contribution in [0.2, 0.25) is 0 Å². The van der Waals surface area contributed by atoms with Gasteiger partial charge in [-0.1, -0.05) is 0 Å². The van der Waals surface area contributed by atoms with Crippen molar-refractivity contribution in [1.82, 2.24) is 14.2 Å². The molecule has 3 rings (SSSR count). The summed E-state index contributed by atoms with van der Waals surface area (Å²) in [6, 6.07) is 5.35. The number of nitrogens with one attached hydrogen (secondary N) is 1. The summed E-state index contributed by atoms with van der Waals surface area (Å²) >= 11 is 0. The number of aromatic nitrogens is 3. The SMILES string of the molecule is COC(=O)Cn1[nH]c(=O)n2c(cc3ccc(F)cc32)c1=O. The van der Waals surface area contributed by atoms with Crippen LogP contribution in [0.1, 0.15) is 0 Å². The summed E-state index contributed by atoms with van der Waals surface area (Å²) in [4.78, 5) is 35.6. The Bertz CT molecular complexity index is 983. The number of H-pyrrole nitrogens is 1. The monoisotopic (exact) mass is 291 g/mol. The van der Waals surface area contributed by atoms with Crippen molar-refractivity contribution in [2.24, 2.45) is 0 Å². The van der Waals surface area contributed by atoms with E-state index in [1.54, 1.807) is 0 Å². The number of aromatic amines is 1. The van der Waals surface area contributed by atoms with Gasteiger partial charge in [0.25, 0.3) is 5.56 Å². The fraction of sp³-hybridized carbons (Fsp3) is 0.154. The number of ether oxygens (including phenoxy) is 1. The largest absolute Gasteiger partial charge is 0.468 e. The number of methoxy groups -OCH3 is 1. The summed E-state index contributed by atoms with van der Waals surface area (Å²) in [6.45, 7) is -0.406. The van der Waals surface area contributed by atoms with Gasteiger partial charge in [0.15, 0.2) is 0 Å². The first kappa shape index (κ1) is 13.1. The molecule has 0 unspecified atom stereocenters. The van der Waals surface area contributed by atoms with E-state index in [2.05, 4.69) is 9.84 Å². The lowest BCUT2D eigenvalue weighted by Crippen LogP contribution is -2.35. The number of hydrogen-bond acceptors (Lipinski definition) is 4. The highest BCUT2D eigenvalue weighted by molar-refractivity contribution is 5.86. The van der Waals surface area contributed by atoms with E-state index >= 15 is 0 Å². The van der Waals surface area contributed by atoms with Crippen LogP contribution >= 0.6 is 0 Å². The summed E-state index contributed by atoms with van der Waals surface area (Å²) in [5.74, 6) is -1.18. The van der Waals surface area contributed by atoms with E-state index in [0.29, 0.717) is 5.39 Å². The molecule has 1 aromatic carbocycles. The van der Waals surface area contributed by atoms with E-state index in [4.69, 9.17) is 0 Å². The van der Waals surface area contributed by atoms with Gasteiger partial charge in [-0.25, -0.2) is 19.0 Å². The number of halogens is 1. The molecule has 0 bridgehead atoms. The predicted molar refractivity (Wildman–Crippen MR) is 71.8 cm³/mol. The van der Waals surface area contributed by atoms with E-state index in [0.717, 1.165) is 9.08 Å². The molecular weight excluding hydrogens is 281 g/mol. The third kappa shape index (κ3) is 2.00. The van der Waals surface area contributed by atoms with Gasteiger partial charge in [0, 0.05) is 5.39 Å². The van der Waals surface area contributed by atoms with Gasteiger partial charge in [-0.2, -0.15) is 0 Å². The minimum absolute atomic E-state index is 0.0586. The van der Waals surface area contributed by atoms with Gasteiger partial charge in [-0.05, 0) is 24.3 Å². The zero-order valence-electron chi connectivity index (χ0n) is 10.9. The maximum absolute atomic E-state index is 13.3. The van der Waals surface area contributed by atoms with Crippen LogP contribution in [-0.4, -0.2) is 27.3 Å². The molecule has 0 amide bonds. The lowest BCUT2D eigenvalue weighted by Gasteiger charge is -2.04. The molecule has 0 spiro atoms. The molecule has 8 heteroatoms. The van der Waals surface area contributed by atoms with Crippen molar-refractivity contribution >= 4 is 22.4 Å². The number of benzene rings is 1. The second-order valence-corrected chi connectivity index (χ2v) is 4.45. The number of hydrogen-bond donors (Lipinski definition) is 1.